The summed E-state index contributed by atoms with van der Waals surface area (Å²) in [7, 11) is 0. The van der Waals surface area contributed by atoms with Crippen molar-refractivity contribution in [2.75, 3.05) is 18.5 Å². The van der Waals surface area contributed by atoms with Crippen molar-refractivity contribution in [3.63, 3.8) is 0 Å². The first-order valence-electron chi connectivity index (χ1n) is 7.52. The maximum absolute atomic E-state index is 12.2. The molecule has 0 bridgehead atoms. The third-order valence-electron chi connectivity index (χ3n) is 4.09. The summed E-state index contributed by atoms with van der Waals surface area (Å²) in [5.74, 6) is 1.05. The van der Waals surface area contributed by atoms with E-state index in [1.54, 1.807) is 29.2 Å². The third-order valence-corrected chi connectivity index (χ3v) is 4.09. The van der Waals surface area contributed by atoms with Crippen LogP contribution < -0.4 is 10.9 Å². The largest absolute Gasteiger partial charge is 0.377 e. The fourth-order valence-corrected chi connectivity index (χ4v) is 2.74. The van der Waals surface area contributed by atoms with E-state index in [9.17, 15) is 4.79 Å². The van der Waals surface area contributed by atoms with E-state index in [1.807, 2.05) is 6.07 Å². The Kier molecular flexibility index (Phi) is 3.34. The van der Waals surface area contributed by atoms with Gasteiger partial charge in [0.2, 0.25) is 5.95 Å². The molecule has 114 valence electrons. The molecule has 2 aromatic rings. The molecule has 1 N–H and O–H groups in total. The SMILES string of the molecule is O=c1ccc(C2CC2)nn1C1COCC1Nc1ncccn1. The Bertz CT molecular complexity index is 713. The van der Waals surface area contributed by atoms with E-state index >= 15 is 0 Å². The summed E-state index contributed by atoms with van der Waals surface area (Å²) in [5.41, 5.74) is 0.905. The molecule has 1 aliphatic carbocycles. The second kappa shape index (κ2) is 5.49. The Hall–Kier alpha value is -2.28. The molecule has 2 atom stereocenters. The normalized spacial score (nSPS) is 24.4. The standard InChI is InChI=1S/C15H17N5O2/c21-14-5-4-11(10-2-3-10)19-20(14)13-9-22-8-12(13)18-15-16-6-1-7-17-15/h1,4-7,10,12-13H,2-3,8-9H2,(H,16,17,18). The van der Waals surface area contributed by atoms with Gasteiger partial charge in [0.25, 0.3) is 5.56 Å². The average Bonchev–Trinajstić information content (AvgIpc) is 3.29. The number of hydrogen-bond acceptors (Lipinski definition) is 6. The number of rotatable bonds is 4. The molecule has 0 aromatic carbocycles. The van der Waals surface area contributed by atoms with Crippen molar-refractivity contribution >= 4 is 5.95 Å². The van der Waals surface area contributed by atoms with Crippen LogP contribution in [0.1, 0.15) is 30.5 Å². The summed E-state index contributed by atoms with van der Waals surface area (Å²) in [6, 6.07) is 5.00. The fraction of sp³-hybridized carbons (Fsp3) is 0.467. The zero-order valence-corrected chi connectivity index (χ0v) is 12.1. The van der Waals surface area contributed by atoms with Crippen molar-refractivity contribution in [3.8, 4) is 0 Å². The number of anilines is 1. The number of nitrogens with one attached hydrogen (secondary N) is 1. The predicted octanol–water partition coefficient (Wildman–Crippen LogP) is 0.963. The van der Waals surface area contributed by atoms with Gasteiger partial charge in [-0.15, -0.1) is 0 Å². The van der Waals surface area contributed by atoms with Crippen molar-refractivity contribution < 1.29 is 4.74 Å². The lowest BCUT2D eigenvalue weighted by molar-refractivity contribution is 0.182. The van der Waals surface area contributed by atoms with Crippen LogP contribution in [0.5, 0.6) is 0 Å². The Morgan fingerprint density at radius 3 is 2.77 bits per heavy atom. The lowest BCUT2D eigenvalue weighted by atomic mass is 10.1. The molecule has 1 saturated carbocycles. The molecule has 0 amide bonds. The minimum atomic E-state index is -0.144. The molecule has 1 aliphatic heterocycles. The van der Waals surface area contributed by atoms with Crippen LogP contribution in [0.25, 0.3) is 0 Å². The monoisotopic (exact) mass is 299 g/mol. The van der Waals surface area contributed by atoms with Gasteiger partial charge in [0.15, 0.2) is 0 Å². The summed E-state index contributed by atoms with van der Waals surface area (Å²) < 4.78 is 7.11. The van der Waals surface area contributed by atoms with Crippen LogP contribution in [0.3, 0.4) is 0 Å². The summed E-state index contributed by atoms with van der Waals surface area (Å²) >= 11 is 0. The Labute approximate surface area is 127 Å². The molecule has 7 nitrogen and oxygen atoms in total. The smallest absolute Gasteiger partial charge is 0.267 e. The quantitative estimate of drug-likeness (QED) is 0.905. The first-order valence-corrected chi connectivity index (χ1v) is 7.52. The van der Waals surface area contributed by atoms with Crippen LogP contribution >= 0.6 is 0 Å². The highest BCUT2D eigenvalue weighted by atomic mass is 16.5. The van der Waals surface area contributed by atoms with Gasteiger partial charge in [-0.25, -0.2) is 14.6 Å². The second-order valence-electron chi connectivity index (χ2n) is 5.74. The summed E-state index contributed by atoms with van der Waals surface area (Å²) in [6.07, 6.45) is 5.67. The Balaban J connectivity index is 1.60. The van der Waals surface area contributed by atoms with Crippen molar-refractivity contribution in [3.05, 3.63) is 46.6 Å². The molecule has 3 heterocycles. The predicted molar refractivity (Wildman–Crippen MR) is 79.8 cm³/mol. The zero-order chi connectivity index (χ0) is 14.9. The van der Waals surface area contributed by atoms with E-state index in [1.165, 1.54) is 0 Å². The topological polar surface area (TPSA) is 81.9 Å². The molecule has 0 spiro atoms. The van der Waals surface area contributed by atoms with E-state index in [2.05, 4.69) is 20.4 Å². The first-order chi connectivity index (χ1) is 10.8. The van der Waals surface area contributed by atoms with Gasteiger partial charge in [-0.05, 0) is 25.0 Å². The van der Waals surface area contributed by atoms with Crippen molar-refractivity contribution in [1.82, 2.24) is 19.7 Å². The molecule has 22 heavy (non-hydrogen) atoms. The Morgan fingerprint density at radius 1 is 1.18 bits per heavy atom. The van der Waals surface area contributed by atoms with Gasteiger partial charge in [-0.2, -0.15) is 5.10 Å². The summed E-state index contributed by atoms with van der Waals surface area (Å²) in [5, 5.41) is 7.79. The molecule has 2 aromatic heterocycles. The van der Waals surface area contributed by atoms with Gasteiger partial charge in [0.1, 0.15) is 6.04 Å². The minimum Gasteiger partial charge on any atom is -0.377 e. The number of aromatic nitrogens is 4. The molecule has 2 fully saturated rings. The molecule has 7 heteroatoms. The van der Waals surface area contributed by atoms with Crippen LogP contribution in [0.4, 0.5) is 5.95 Å². The molecular formula is C15H17N5O2. The molecule has 2 unspecified atom stereocenters. The van der Waals surface area contributed by atoms with Gasteiger partial charge in [-0.1, -0.05) is 0 Å². The zero-order valence-electron chi connectivity index (χ0n) is 12.1. The van der Waals surface area contributed by atoms with Crippen LogP contribution in [-0.4, -0.2) is 39.0 Å². The van der Waals surface area contributed by atoms with E-state index in [0.29, 0.717) is 25.1 Å². The van der Waals surface area contributed by atoms with Gasteiger partial charge in [0.05, 0.1) is 24.9 Å². The van der Waals surface area contributed by atoms with Crippen LogP contribution in [0.15, 0.2) is 35.4 Å². The maximum Gasteiger partial charge on any atom is 0.267 e. The fourth-order valence-electron chi connectivity index (χ4n) is 2.74. The van der Waals surface area contributed by atoms with Gasteiger partial charge >= 0.3 is 0 Å². The molecule has 0 radical (unpaired) electrons. The lowest BCUT2D eigenvalue weighted by Gasteiger charge is -2.20. The van der Waals surface area contributed by atoms with E-state index in [0.717, 1.165) is 18.5 Å². The van der Waals surface area contributed by atoms with E-state index in [-0.39, 0.29) is 17.6 Å². The van der Waals surface area contributed by atoms with Crippen molar-refractivity contribution in [2.24, 2.45) is 0 Å². The first kappa shape index (κ1) is 13.4. The maximum atomic E-state index is 12.2. The van der Waals surface area contributed by atoms with E-state index < -0.39 is 0 Å². The number of ether oxygens (including phenoxy) is 1. The number of nitrogens with zero attached hydrogens (tertiary/aromatic N) is 4. The van der Waals surface area contributed by atoms with Crippen LogP contribution in [0, 0.1) is 0 Å². The molecule has 1 saturated heterocycles. The average molecular weight is 299 g/mol. The Morgan fingerprint density at radius 2 is 2.00 bits per heavy atom. The van der Waals surface area contributed by atoms with Gasteiger partial charge in [-0.3, -0.25) is 4.79 Å². The molecular weight excluding hydrogens is 282 g/mol. The lowest BCUT2D eigenvalue weighted by Crippen LogP contribution is -2.37. The number of hydrogen-bond donors (Lipinski definition) is 1. The van der Waals surface area contributed by atoms with Crippen molar-refractivity contribution in [2.45, 2.75) is 30.8 Å². The molecule has 4 rings (SSSR count). The van der Waals surface area contributed by atoms with E-state index in [4.69, 9.17) is 4.74 Å². The molecule has 2 aliphatic rings. The second-order valence-corrected chi connectivity index (χ2v) is 5.74. The van der Waals surface area contributed by atoms with Crippen LogP contribution in [0.2, 0.25) is 0 Å². The third kappa shape index (κ3) is 2.59. The summed E-state index contributed by atoms with van der Waals surface area (Å²) in [6.45, 7) is 0.968. The van der Waals surface area contributed by atoms with Crippen LogP contribution in [-0.2, 0) is 4.74 Å². The van der Waals surface area contributed by atoms with Gasteiger partial charge < -0.3 is 10.1 Å². The highest BCUT2D eigenvalue weighted by Crippen LogP contribution is 2.38. The minimum absolute atomic E-state index is 0.0675. The highest BCUT2D eigenvalue weighted by molar-refractivity contribution is 5.26. The van der Waals surface area contributed by atoms with Gasteiger partial charge in [0, 0.05) is 24.4 Å². The van der Waals surface area contributed by atoms with Crippen molar-refractivity contribution in [1.29, 1.82) is 0 Å². The summed E-state index contributed by atoms with van der Waals surface area (Å²) in [4.78, 5) is 20.5. The highest BCUT2D eigenvalue weighted by Gasteiger charge is 2.33.